The Morgan fingerprint density at radius 2 is 1.67 bits per heavy atom. The summed E-state index contributed by atoms with van der Waals surface area (Å²) in [6.07, 6.45) is -4.95. The average molecular weight is 197 g/mol. The normalized spacial score (nSPS) is 12.7. The maximum Gasteiger partial charge on any atom is 0.388 e. The zero-order valence-corrected chi connectivity index (χ0v) is 7.05. The van der Waals surface area contributed by atoms with Crippen molar-refractivity contribution in [2.75, 3.05) is 0 Å². The van der Waals surface area contributed by atoms with Crippen LogP contribution in [0.4, 0.5) is 13.2 Å². The minimum atomic E-state index is -4.10. The monoisotopic (exact) mass is 196 g/mol. The van der Waals surface area contributed by atoms with Crippen molar-refractivity contribution in [3.63, 3.8) is 0 Å². The molecule has 0 bridgehead atoms. The van der Waals surface area contributed by atoms with Gasteiger partial charge in [-0.3, -0.25) is 0 Å². The third kappa shape index (κ3) is 8.59. The van der Waals surface area contributed by atoms with E-state index < -0.39 is 20.0 Å². The molecular formula is C3H5Cl2F3Si. The van der Waals surface area contributed by atoms with Crippen molar-refractivity contribution in [2.24, 2.45) is 0 Å². The number of hydrogen-bond donors (Lipinski definition) is 0. The lowest BCUT2D eigenvalue weighted by Crippen LogP contribution is -2.09. The van der Waals surface area contributed by atoms with Crippen molar-refractivity contribution in [2.45, 2.75) is 18.6 Å². The number of rotatable bonds is 2. The van der Waals surface area contributed by atoms with Crippen LogP contribution in [0.1, 0.15) is 6.42 Å². The van der Waals surface area contributed by atoms with Crippen LogP contribution in [0.25, 0.3) is 0 Å². The molecule has 0 radical (unpaired) electrons. The summed E-state index contributed by atoms with van der Waals surface area (Å²) < 4.78 is 34.0. The molecule has 0 aliphatic rings. The highest BCUT2D eigenvalue weighted by Crippen LogP contribution is 2.23. The zero-order valence-electron chi connectivity index (χ0n) is 4.38. The van der Waals surface area contributed by atoms with E-state index in [-0.39, 0.29) is 6.04 Å². The lowest BCUT2D eigenvalue weighted by molar-refractivity contribution is -0.130. The molecule has 0 fully saturated rings. The first kappa shape index (κ1) is 9.59. The summed E-state index contributed by atoms with van der Waals surface area (Å²) in [6.45, 7) is 0. The second kappa shape index (κ2) is 3.68. The van der Waals surface area contributed by atoms with E-state index in [9.17, 15) is 13.2 Å². The first-order valence-corrected chi connectivity index (χ1v) is 6.57. The van der Waals surface area contributed by atoms with Crippen LogP contribution in [-0.4, -0.2) is 13.6 Å². The van der Waals surface area contributed by atoms with Crippen molar-refractivity contribution in [3.05, 3.63) is 0 Å². The van der Waals surface area contributed by atoms with Gasteiger partial charge >= 0.3 is 6.18 Å². The van der Waals surface area contributed by atoms with Gasteiger partial charge in [-0.05, 0) is 6.04 Å². The van der Waals surface area contributed by atoms with E-state index in [1.807, 2.05) is 0 Å². The fourth-order valence-electron chi connectivity index (χ4n) is 0.273. The molecule has 0 saturated heterocycles. The number of hydrogen-bond acceptors (Lipinski definition) is 0. The van der Waals surface area contributed by atoms with E-state index >= 15 is 0 Å². The number of alkyl halides is 3. The van der Waals surface area contributed by atoms with Gasteiger partial charge in [0.25, 0.3) is 0 Å². The molecule has 0 spiro atoms. The molecule has 56 valence electrons. The molecule has 0 amide bonds. The van der Waals surface area contributed by atoms with Gasteiger partial charge < -0.3 is 0 Å². The van der Waals surface area contributed by atoms with Crippen LogP contribution in [0.5, 0.6) is 0 Å². The number of halogens is 5. The average Bonchev–Trinajstić information content (AvgIpc) is 1.59. The second-order valence-corrected chi connectivity index (χ2v) is 6.74. The van der Waals surface area contributed by atoms with E-state index in [2.05, 4.69) is 0 Å². The van der Waals surface area contributed by atoms with E-state index in [4.69, 9.17) is 22.2 Å². The topological polar surface area (TPSA) is 0 Å². The van der Waals surface area contributed by atoms with Crippen LogP contribution < -0.4 is 0 Å². The van der Waals surface area contributed by atoms with Crippen LogP contribution in [0.2, 0.25) is 6.04 Å². The predicted molar refractivity (Wildman–Crippen MR) is 34.3 cm³/mol. The molecule has 0 heterocycles. The highest BCUT2D eigenvalue weighted by Gasteiger charge is 2.27. The van der Waals surface area contributed by atoms with Crippen LogP contribution in [0, 0.1) is 0 Å². The van der Waals surface area contributed by atoms with Crippen molar-refractivity contribution in [1.29, 1.82) is 0 Å². The third-order valence-corrected chi connectivity index (χ3v) is 2.68. The molecule has 9 heavy (non-hydrogen) atoms. The van der Waals surface area contributed by atoms with Crippen LogP contribution >= 0.6 is 22.2 Å². The fraction of sp³-hybridized carbons (Fsp3) is 1.00. The molecule has 0 saturated carbocycles. The Bertz CT molecular complexity index is 81.6. The predicted octanol–water partition coefficient (Wildman–Crippen LogP) is 2.64. The largest absolute Gasteiger partial charge is 0.388 e. The van der Waals surface area contributed by atoms with Gasteiger partial charge in [-0.2, -0.15) is 35.3 Å². The van der Waals surface area contributed by atoms with E-state index in [1.165, 1.54) is 0 Å². The van der Waals surface area contributed by atoms with Crippen molar-refractivity contribution in [1.82, 2.24) is 0 Å². The SMILES string of the molecule is FC(F)(F)CC[SiH](Cl)Cl. The molecule has 0 aromatic rings. The lowest BCUT2D eigenvalue weighted by Gasteiger charge is -2.03. The van der Waals surface area contributed by atoms with Crippen LogP contribution in [-0.2, 0) is 0 Å². The Labute approximate surface area is 62.0 Å². The molecule has 0 nitrogen and oxygen atoms in total. The Morgan fingerprint density at radius 3 is 1.78 bits per heavy atom. The van der Waals surface area contributed by atoms with E-state index in [1.54, 1.807) is 0 Å². The van der Waals surface area contributed by atoms with Crippen molar-refractivity contribution in [3.8, 4) is 0 Å². The molecule has 0 aromatic carbocycles. The molecular weight excluding hydrogens is 192 g/mol. The van der Waals surface area contributed by atoms with Gasteiger partial charge in [0.1, 0.15) is 0 Å². The van der Waals surface area contributed by atoms with Gasteiger partial charge in [0.2, 0.25) is 7.42 Å². The maximum absolute atomic E-state index is 11.3. The molecule has 0 aliphatic carbocycles. The zero-order chi connectivity index (χ0) is 7.49. The molecule has 0 aliphatic heterocycles. The van der Waals surface area contributed by atoms with Gasteiger partial charge in [-0.1, -0.05) is 0 Å². The fourth-order valence-corrected chi connectivity index (χ4v) is 1.47. The summed E-state index contributed by atoms with van der Waals surface area (Å²) in [6, 6.07) is -0.0907. The van der Waals surface area contributed by atoms with Crippen LogP contribution in [0.3, 0.4) is 0 Å². The highest BCUT2D eigenvalue weighted by molar-refractivity contribution is 7.33. The lowest BCUT2D eigenvalue weighted by atomic mass is 10.5. The standard InChI is InChI=1S/C3H5Cl2F3Si/c4-9(5)2-1-3(6,7)8/h9H,1-2H2. The Morgan fingerprint density at radius 1 is 1.22 bits per heavy atom. The summed E-state index contributed by atoms with van der Waals surface area (Å²) in [5, 5.41) is 0. The quantitative estimate of drug-likeness (QED) is 0.471. The summed E-state index contributed by atoms with van der Waals surface area (Å²) in [5.74, 6) is 0. The Hall–Kier alpha value is 0.587. The summed E-state index contributed by atoms with van der Waals surface area (Å²) >= 11 is 10.4. The van der Waals surface area contributed by atoms with Gasteiger partial charge in [0, 0.05) is 6.42 Å². The van der Waals surface area contributed by atoms with Gasteiger partial charge in [0.05, 0.1) is 0 Å². The second-order valence-electron chi connectivity index (χ2n) is 1.54. The summed E-state index contributed by atoms with van der Waals surface area (Å²) in [5.41, 5.74) is 0. The molecule has 0 N–H and O–H groups in total. The van der Waals surface area contributed by atoms with Crippen molar-refractivity contribution >= 4 is 29.6 Å². The Balaban J connectivity index is 3.28. The molecule has 0 unspecified atom stereocenters. The molecule has 0 aromatic heterocycles. The minimum Gasteiger partial charge on any atom is -0.171 e. The van der Waals surface area contributed by atoms with Gasteiger partial charge in [0.15, 0.2) is 0 Å². The summed E-state index contributed by atoms with van der Waals surface area (Å²) in [7, 11) is -2.05. The molecule has 0 atom stereocenters. The van der Waals surface area contributed by atoms with Crippen LogP contribution in [0.15, 0.2) is 0 Å². The van der Waals surface area contributed by atoms with Crippen molar-refractivity contribution < 1.29 is 13.2 Å². The van der Waals surface area contributed by atoms with E-state index in [0.717, 1.165) is 0 Å². The first-order valence-electron chi connectivity index (χ1n) is 2.27. The third-order valence-electron chi connectivity index (χ3n) is 0.646. The molecule has 6 heteroatoms. The van der Waals surface area contributed by atoms with Gasteiger partial charge in [-0.15, -0.1) is 0 Å². The highest BCUT2D eigenvalue weighted by atomic mass is 35.7. The summed E-state index contributed by atoms with van der Waals surface area (Å²) in [4.78, 5) is 0. The smallest absolute Gasteiger partial charge is 0.171 e. The maximum atomic E-state index is 11.3. The first-order chi connectivity index (χ1) is 3.92. The van der Waals surface area contributed by atoms with E-state index in [0.29, 0.717) is 0 Å². The van der Waals surface area contributed by atoms with Gasteiger partial charge in [-0.25, -0.2) is 0 Å². The minimum absolute atomic E-state index is 0.0907. The Kier molecular flexibility index (Phi) is 3.92. The molecule has 0 rings (SSSR count).